The molecular weight excluding hydrogens is 256 g/mol. The predicted octanol–water partition coefficient (Wildman–Crippen LogP) is 4.49. The number of phenolic OH excluding ortho intramolecular Hbond substituents is 1. The van der Waals surface area contributed by atoms with Crippen molar-refractivity contribution in [2.75, 3.05) is 6.26 Å². The summed E-state index contributed by atoms with van der Waals surface area (Å²) in [6.07, 6.45) is 1.78. The fourth-order valence-electron chi connectivity index (χ4n) is 2.01. The van der Waals surface area contributed by atoms with Crippen LogP contribution in [0.25, 0.3) is 0 Å². The van der Waals surface area contributed by atoms with E-state index in [0.29, 0.717) is 11.3 Å². The summed E-state index contributed by atoms with van der Waals surface area (Å²) in [5, 5.41) is 10.6. The molecule has 106 valence electrons. The number of aromatic hydroxyl groups is 1. The molecule has 0 fully saturated rings. The lowest BCUT2D eigenvalue weighted by Crippen LogP contribution is -2.18. The van der Waals surface area contributed by atoms with Gasteiger partial charge in [-0.15, -0.1) is 0 Å². The van der Waals surface area contributed by atoms with Crippen molar-refractivity contribution in [1.29, 1.82) is 0 Å². The molecule has 0 radical (unpaired) electrons. The molecule has 0 atom stereocenters. The number of carbonyl (C=O) groups is 1. The molecule has 3 heteroatoms. The van der Waals surface area contributed by atoms with Gasteiger partial charge in [0.2, 0.25) is 5.12 Å². The van der Waals surface area contributed by atoms with Gasteiger partial charge in [0.15, 0.2) is 0 Å². The van der Waals surface area contributed by atoms with E-state index in [-0.39, 0.29) is 15.9 Å². The van der Waals surface area contributed by atoms with Gasteiger partial charge in [0.1, 0.15) is 5.75 Å². The lowest BCUT2D eigenvalue weighted by atomic mass is 9.78. The normalized spacial score (nSPS) is 12.6. The number of benzene rings is 1. The van der Waals surface area contributed by atoms with E-state index in [1.54, 1.807) is 6.26 Å². The van der Waals surface area contributed by atoms with E-state index in [1.165, 1.54) is 11.8 Å². The van der Waals surface area contributed by atoms with Crippen LogP contribution < -0.4 is 0 Å². The molecule has 0 amide bonds. The van der Waals surface area contributed by atoms with E-state index < -0.39 is 0 Å². The smallest absolute Gasteiger partial charge is 0.219 e. The first-order valence-electron chi connectivity index (χ1n) is 6.44. The fraction of sp³-hybridized carbons (Fsp3) is 0.562. The Morgan fingerprint density at radius 2 is 1.37 bits per heavy atom. The molecule has 0 saturated heterocycles. The van der Waals surface area contributed by atoms with Crippen LogP contribution in [0.3, 0.4) is 0 Å². The van der Waals surface area contributed by atoms with Crippen LogP contribution in [0.15, 0.2) is 12.1 Å². The number of hydrogen-bond acceptors (Lipinski definition) is 3. The summed E-state index contributed by atoms with van der Waals surface area (Å²) >= 11 is 1.20. The maximum absolute atomic E-state index is 12.0. The molecule has 0 bridgehead atoms. The van der Waals surface area contributed by atoms with Gasteiger partial charge in [-0.1, -0.05) is 53.3 Å². The van der Waals surface area contributed by atoms with Gasteiger partial charge in [0.25, 0.3) is 0 Å². The zero-order valence-corrected chi connectivity index (χ0v) is 13.7. The second-order valence-electron chi connectivity index (χ2n) is 6.91. The standard InChI is InChI=1S/C16H24O2S/c1-15(2,3)11-8-10(14(18)19-7)9-12(13(11)17)16(4,5)6/h8-9,17H,1-7H3. The molecule has 0 saturated carbocycles. The highest BCUT2D eigenvalue weighted by atomic mass is 32.2. The van der Waals surface area contributed by atoms with Crippen molar-refractivity contribution in [3.63, 3.8) is 0 Å². The third-order valence-corrected chi connectivity index (χ3v) is 3.75. The van der Waals surface area contributed by atoms with E-state index in [9.17, 15) is 9.90 Å². The number of rotatable bonds is 1. The average molecular weight is 280 g/mol. The summed E-state index contributed by atoms with van der Waals surface area (Å²) in [6, 6.07) is 3.65. The Bertz CT molecular complexity index is 455. The largest absolute Gasteiger partial charge is 0.507 e. The van der Waals surface area contributed by atoms with E-state index >= 15 is 0 Å². The molecule has 0 aliphatic rings. The zero-order valence-electron chi connectivity index (χ0n) is 12.9. The molecule has 1 rings (SSSR count). The maximum Gasteiger partial charge on any atom is 0.219 e. The van der Waals surface area contributed by atoms with Gasteiger partial charge in [0, 0.05) is 16.7 Å². The lowest BCUT2D eigenvalue weighted by molar-refractivity contribution is 0.108. The van der Waals surface area contributed by atoms with Crippen molar-refractivity contribution in [3.8, 4) is 5.75 Å². The summed E-state index contributed by atoms with van der Waals surface area (Å²) in [5.41, 5.74) is 1.94. The van der Waals surface area contributed by atoms with Crippen LogP contribution in [-0.4, -0.2) is 16.5 Å². The first-order valence-corrected chi connectivity index (χ1v) is 7.67. The molecule has 0 spiro atoms. The number of phenols is 1. The van der Waals surface area contributed by atoms with Crippen molar-refractivity contribution >= 4 is 16.9 Å². The minimum absolute atomic E-state index is 0.0380. The Morgan fingerprint density at radius 3 is 1.63 bits per heavy atom. The molecule has 0 unspecified atom stereocenters. The zero-order chi connectivity index (χ0) is 15.0. The topological polar surface area (TPSA) is 37.3 Å². The van der Waals surface area contributed by atoms with Crippen LogP contribution in [0.4, 0.5) is 0 Å². The van der Waals surface area contributed by atoms with Gasteiger partial charge >= 0.3 is 0 Å². The van der Waals surface area contributed by atoms with Gasteiger partial charge in [0.05, 0.1) is 0 Å². The van der Waals surface area contributed by atoms with Gasteiger partial charge < -0.3 is 5.11 Å². The van der Waals surface area contributed by atoms with Crippen LogP contribution in [0.5, 0.6) is 5.75 Å². The molecule has 1 N–H and O–H groups in total. The molecule has 1 aromatic carbocycles. The molecule has 0 aliphatic carbocycles. The minimum atomic E-state index is -0.196. The van der Waals surface area contributed by atoms with Crippen LogP contribution >= 0.6 is 11.8 Å². The van der Waals surface area contributed by atoms with Crippen molar-refractivity contribution in [2.24, 2.45) is 0 Å². The summed E-state index contributed by atoms with van der Waals surface area (Å²) in [5.74, 6) is 0.317. The number of carbonyl (C=O) groups excluding carboxylic acids is 1. The van der Waals surface area contributed by atoms with Crippen molar-refractivity contribution in [2.45, 2.75) is 52.4 Å². The fourth-order valence-corrected chi connectivity index (χ4v) is 2.37. The highest BCUT2D eigenvalue weighted by Crippen LogP contribution is 2.40. The first-order chi connectivity index (χ1) is 8.48. The molecule has 2 nitrogen and oxygen atoms in total. The number of hydrogen-bond donors (Lipinski definition) is 1. The van der Waals surface area contributed by atoms with E-state index in [2.05, 4.69) is 0 Å². The molecule has 0 heterocycles. The van der Waals surface area contributed by atoms with E-state index in [0.717, 1.165) is 11.1 Å². The highest BCUT2D eigenvalue weighted by molar-refractivity contribution is 8.13. The molecule has 0 aliphatic heterocycles. The summed E-state index contributed by atoms with van der Waals surface area (Å²) < 4.78 is 0. The van der Waals surface area contributed by atoms with E-state index in [4.69, 9.17) is 0 Å². The quantitative estimate of drug-likeness (QED) is 0.823. The SMILES string of the molecule is CSC(=O)c1cc(C(C)(C)C)c(O)c(C(C)(C)C)c1. The van der Waals surface area contributed by atoms with Crippen molar-refractivity contribution < 1.29 is 9.90 Å². The summed E-state index contributed by atoms with van der Waals surface area (Å²) in [4.78, 5) is 12.0. The second-order valence-corrected chi connectivity index (χ2v) is 7.69. The average Bonchev–Trinajstić information content (AvgIpc) is 2.25. The molecule has 1 aromatic rings. The van der Waals surface area contributed by atoms with Gasteiger partial charge in [-0.25, -0.2) is 0 Å². The predicted molar refractivity (Wildman–Crippen MR) is 83.4 cm³/mol. The molecule has 0 aromatic heterocycles. The minimum Gasteiger partial charge on any atom is -0.507 e. The van der Waals surface area contributed by atoms with Crippen LogP contribution in [-0.2, 0) is 10.8 Å². The molecular formula is C16H24O2S. The van der Waals surface area contributed by atoms with Gasteiger partial charge in [-0.3, -0.25) is 4.79 Å². The Kier molecular flexibility index (Phi) is 4.40. The third kappa shape index (κ3) is 3.53. The van der Waals surface area contributed by atoms with E-state index in [1.807, 2.05) is 53.7 Å². The Morgan fingerprint density at radius 1 is 1.00 bits per heavy atom. The Hall–Kier alpha value is -0.960. The highest BCUT2D eigenvalue weighted by Gasteiger charge is 2.27. The second kappa shape index (κ2) is 5.20. The van der Waals surface area contributed by atoms with Crippen LogP contribution in [0.1, 0.15) is 63.0 Å². The van der Waals surface area contributed by atoms with Crippen LogP contribution in [0, 0.1) is 0 Å². The van der Waals surface area contributed by atoms with Gasteiger partial charge in [-0.05, 0) is 29.2 Å². The maximum atomic E-state index is 12.0. The third-order valence-electron chi connectivity index (χ3n) is 3.15. The Balaban J connectivity index is 3.62. The summed E-state index contributed by atoms with van der Waals surface area (Å²) in [6.45, 7) is 12.3. The molecule has 19 heavy (non-hydrogen) atoms. The van der Waals surface area contributed by atoms with Crippen LogP contribution in [0.2, 0.25) is 0 Å². The van der Waals surface area contributed by atoms with Crippen molar-refractivity contribution in [3.05, 3.63) is 28.8 Å². The number of thioether (sulfide) groups is 1. The summed E-state index contributed by atoms with van der Waals surface area (Å²) in [7, 11) is 0. The first kappa shape index (κ1) is 16.1. The van der Waals surface area contributed by atoms with Gasteiger partial charge in [-0.2, -0.15) is 0 Å². The Labute approximate surface area is 120 Å². The monoisotopic (exact) mass is 280 g/mol. The lowest BCUT2D eigenvalue weighted by Gasteiger charge is -2.27. The van der Waals surface area contributed by atoms with Crippen molar-refractivity contribution in [1.82, 2.24) is 0 Å².